The smallest absolute Gasteiger partial charge is 0.222 e. The van der Waals surface area contributed by atoms with Gasteiger partial charge < -0.3 is 10.2 Å². The summed E-state index contributed by atoms with van der Waals surface area (Å²) in [7, 11) is 1.92. The molecule has 0 radical (unpaired) electrons. The molecule has 1 N–H and O–H groups in total. The van der Waals surface area contributed by atoms with E-state index in [-0.39, 0.29) is 24.4 Å². The lowest BCUT2D eigenvalue weighted by Gasteiger charge is -2.24. The molecule has 19 heavy (non-hydrogen) atoms. The number of thiophene rings is 1. The van der Waals surface area contributed by atoms with Crippen LogP contribution >= 0.6 is 23.7 Å². The molecule has 0 aliphatic carbocycles. The fourth-order valence-electron chi connectivity index (χ4n) is 2.40. The third-order valence-electron chi connectivity index (χ3n) is 3.86. The summed E-state index contributed by atoms with van der Waals surface area (Å²) < 4.78 is 0. The molecule has 1 aliphatic rings. The highest BCUT2D eigenvalue weighted by Crippen LogP contribution is 2.24. The number of nitrogens with one attached hydrogen (secondary N) is 1. The minimum absolute atomic E-state index is 0. The van der Waals surface area contributed by atoms with Crippen molar-refractivity contribution in [1.82, 2.24) is 10.2 Å². The largest absolute Gasteiger partial charge is 0.338 e. The summed E-state index contributed by atoms with van der Waals surface area (Å²) in [6.45, 7) is 4.29. The predicted molar refractivity (Wildman–Crippen MR) is 83.0 cm³/mol. The van der Waals surface area contributed by atoms with Crippen LogP contribution in [0.25, 0.3) is 0 Å². The number of carbonyl (C=O) groups is 1. The summed E-state index contributed by atoms with van der Waals surface area (Å²) in [6, 6.07) is 4.33. The Balaban J connectivity index is 0.00000180. The summed E-state index contributed by atoms with van der Waals surface area (Å²) >= 11 is 1.72. The Bertz CT molecular complexity index is 377. The van der Waals surface area contributed by atoms with Crippen molar-refractivity contribution in [3.63, 3.8) is 0 Å². The second-order valence-corrected chi connectivity index (χ2v) is 6.07. The number of hydrogen-bond acceptors (Lipinski definition) is 3. The van der Waals surface area contributed by atoms with Gasteiger partial charge in [-0.1, -0.05) is 6.07 Å². The molecule has 108 valence electrons. The van der Waals surface area contributed by atoms with E-state index in [4.69, 9.17) is 0 Å². The van der Waals surface area contributed by atoms with Crippen molar-refractivity contribution in [1.29, 1.82) is 0 Å². The molecule has 0 bridgehead atoms. The first kappa shape index (κ1) is 16.5. The van der Waals surface area contributed by atoms with E-state index >= 15 is 0 Å². The zero-order chi connectivity index (χ0) is 13.0. The highest BCUT2D eigenvalue weighted by molar-refractivity contribution is 7.10. The van der Waals surface area contributed by atoms with Gasteiger partial charge in [0.1, 0.15) is 0 Å². The van der Waals surface area contributed by atoms with E-state index in [2.05, 4.69) is 23.7 Å². The fourth-order valence-corrected chi connectivity index (χ4v) is 3.23. The van der Waals surface area contributed by atoms with Crippen LogP contribution in [0.5, 0.6) is 0 Å². The lowest BCUT2D eigenvalue weighted by atomic mass is 10.0. The molecule has 0 spiro atoms. The average molecular weight is 303 g/mol. The maximum absolute atomic E-state index is 12.1. The van der Waals surface area contributed by atoms with E-state index in [1.54, 1.807) is 11.3 Å². The van der Waals surface area contributed by atoms with Crippen LogP contribution in [-0.2, 0) is 4.79 Å². The number of amides is 1. The third-order valence-corrected chi connectivity index (χ3v) is 4.90. The summed E-state index contributed by atoms with van der Waals surface area (Å²) in [5, 5.41) is 5.41. The molecule has 1 fully saturated rings. The van der Waals surface area contributed by atoms with E-state index in [0.29, 0.717) is 12.3 Å². The lowest BCUT2D eigenvalue weighted by Crippen LogP contribution is -2.29. The number of hydrogen-bond donors (Lipinski definition) is 1. The standard InChI is InChI=1S/C14H22N2OS.ClH/c1-11(13-4-3-9-18-13)16(2)14(17)6-5-12-7-8-15-10-12;/h3-4,9,11-12,15H,5-8,10H2,1-2H3;1H. The first-order valence-corrected chi connectivity index (χ1v) is 7.56. The first-order valence-electron chi connectivity index (χ1n) is 6.68. The lowest BCUT2D eigenvalue weighted by molar-refractivity contribution is -0.132. The van der Waals surface area contributed by atoms with Gasteiger partial charge in [0.25, 0.3) is 0 Å². The molecule has 2 heterocycles. The van der Waals surface area contributed by atoms with Crippen LogP contribution in [0.3, 0.4) is 0 Å². The van der Waals surface area contributed by atoms with Crippen LogP contribution in [-0.4, -0.2) is 30.9 Å². The molecule has 1 saturated heterocycles. The maximum Gasteiger partial charge on any atom is 0.222 e. The number of carbonyl (C=O) groups excluding carboxylic acids is 1. The van der Waals surface area contributed by atoms with Gasteiger partial charge in [0.05, 0.1) is 6.04 Å². The molecule has 2 unspecified atom stereocenters. The molecular formula is C14H23ClN2OS. The summed E-state index contributed by atoms with van der Waals surface area (Å²) in [5.41, 5.74) is 0. The normalized spacial score (nSPS) is 19.8. The minimum Gasteiger partial charge on any atom is -0.338 e. The average Bonchev–Trinajstić information content (AvgIpc) is 3.06. The number of halogens is 1. The predicted octanol–water partition coefficient (Wildman–Crippen LogP) is 3.08. The number of nitrogens with zero attached hydrogens (tertiary/aromatic N) is 1. The Morgan fingerprint density at radius 2 is 2.42 bits per heavy atom. The molecule has 1 amide bonds. The summed E-state index contributed by atoms with van der Waals surface area (Å²) in [5.74, 6) is 0.960. The first-order chi connectivity index (χ1) is 8.68. The van der Waals surface area contributed by atoms with Gasteiger partial charge in [-0.25, -0.2) is 0 Å². The quantitative estimate of drug-likeness (QED) is 0.906. The van der Waals surface area contributed by atoms with Gasteiger partial charge >= 0.3 is 0 Å². The molecular weight excluding hydrogens is 280 g/mol. The fraction of sp³-hybridized carbons (Fsp3) is 0.643. The second kappa shape index (κ2) is 7.88. The highest BCUT2D eigenvalue weighted by Gasteiger charge is 2.20. The van der Waals surface area contributed by atoms with E-state index in [0.717, 1.165) is 19.5 Å². The van der Waals surface area contributed by atoms with Gasteiger partial charge in [-0.05, 0) is 50.2 Å². The Morgan fingerprint density at radius 1 is 1.63 bits per heavy atom. The zero-order valence-electron chi connectivity index (χ0n) is 11.6. The Kier molecular flexibility index (Phi) is 6.83. The van der Waals surface area contributed by atoms with Crippen molar-refractivity contribution in [3.8, 4) is 0 Å². The SMILES string of the molecule is CC(c1cccs1)N(C)C(=O)CCC1CCNC1.Cl. The molecule has 1 aromatic heterocycles. The summed E-state index contributed by atoms with van der Waals surface area (Å²) in [6.07, 6.45) is 2.92. The molecule has 0 aromatic carbocycles. The molecule has 2 rings (SSSR count). The van der Waals surface area contributed by atoms with Crippen molar-refractivity contribution in [2.75, 3.05) is 20.1 Å². The highest BCUT2D eigenvalue weighted by atomic mass is 35.5. The molecule has 5 heteroatoms. The van der Waals surface area contributed by atoms with Gasteiger partial charge in [0.15, 0.2) is 0 Å². The Hall–Kier alpha value is -0.580. The van der Waals surface area contributed by atoms with Crippen LogP contribution in [0.2, 0.25) is 0 Å². The maximum atomic E-state index is 12.1. The van der Waals surface area contributed by atoms with Gasteiger partial charge in [-0.2, -0.15) is 0 Å². The van der Waals surface area contributed by atoms with E-state index in [1.165, 1.54) is 11.3 Å². The van der Waals surface area contributed by atoms with Gasteiger partial charge in [-0.15, -0.1) is 23.7 Å². The van der Waals surface area contributed by atoms with Crippen molar-refractivity contribution in [2.45, 2.75) is 32.2 Å². The Labute approximate surface area is 125 Å². The van der Waals surface area contributed by atoms with E-state index in [1.807, 2.05) is 18.0 Å². The van der Waals surface area contributed by atoms with Crippen LogP contribution in [0.15, 0.2) is 17.5 Å². The van der Waals surface area contributed by atoms with E-state index < -0.39 is 0 Å². The summed E-state index contributed by atoms with van der Waals surface area (Å²) in [4.78, 5) is 15.3. The van der Waals surface area contributed by atoms with Gasteiger partial charge in [0, 0.05) is 18.3 Å². The molecule has 0 saturated carbocycles. The van der Waals surface area contributed by atoms with Crippen molar-refractivity contribution >= 4 is 29.7 Å². The van der Waals surface area contributed by atoms with Crippen LogP contribution in [0, 0.1) is 5.92 Å². The van der Waals surface area contributed by atoms with Crippen LogP contribution in [0.4, 0.5) is 0 Å². The van der Waals surface area contributed by atoms with E-state index in [9.17, 15) is 4.79 Å². The molecule has 2 atom stereocenters. The van der Waals surface area contributed by atoms with Crippen LogP contribution < -0.4 is 5.32 Å². The zero-order valence-corrected chi connectivity index (χ0v) is 13.2. The minimum atomic E-state index is 0. The molecule has 1 aromatic rings. The van der Waals surface area contributed by atoms with Crippen molar-refractivity contribution in [2.24, 2.45) is 5.92 Å². The molecule has 1 aliphatic heterocycles. The van der Waals surface area contributed by atoms with Crippen molar-refractivity contribution in [3.05, 3.63) is 22.4 Å². The second-order valence-electron chi connectivity index (χ2n) is 5.09. The van der Waals surface area contributed by atoms with Crippen LogP contribution in [0.1, 0.15) is 37.1 Å². The monoisotopic (exact) mass is 302 g/mol. The van der Waals surface area contributed by atoms with Crippen molar-refractivity contribution < 1.29 is 4.79 Å². The van der Waals surface area contributed by atoms with Gasteiger partial charge in [-0.3, -0.25) is 4.79 Å². The number of rotatable bonds is 5. The molecule has 3 nitrogen and oxygen atoms in total. The Morgan fingerprint density at radius 3 is 3.00 bits per heavy atom. The van der Waals surface area contributed by atoms with Gasteiger partial charge in [0.2, 0.25) is 5.91 Å². The topological polar surface area (TPSA) is 32.3 Å². The third kappa shape index (κ3) is 4.48.